The van der Waals surface area contributed by atoms with Gasteiger partial charge in [0.15, 0.2) is 0 Å². The molecule has 2 heteroatoms. The summed E-state index contributed by atoms with van der Waals surface area (Å²) in [4.78, 5) is 2.81. The van der Waals surface area contributed by atoms with Gasteiger partial charge in [0.05, 0.1) is 0 Å². The van der Waals surface area contributed by atoms with E-state index in [0.717, 1.165) is 12.1 Å². The van der Waals surface area contributed by atoms with Gasteiger partial charge in [0.25, 0.3) is 0 Å². The van der Waals surface area contributed by atoms with Gasteiger partial charge in [0.2, 0.25) is 0 Å². The fourth-order valence-corrected chi connectivity index (χ4v) is 4.30. The fraction of sp³-hybridized carbons (Fsp3) is 0.647. The lowest BCUT2D eigenvalue weighted by molar-refractivity contribution is 0.113. The highest BCUT2D eigenvalue weighted by molar-refractivity contribution is 5.37. The zero-order valence-electron chi connectivity index (χ0n) is 12.4. The van der Waals surface area contributed by atoms with Crippen LogP contribution in [0, 0.1) is 0 Å². The Morgan fingerprint density at radius 2 is 2.05 bits per heavy atom. The molecule has 0 spiro atoms. The second-order valence-electron chi connectivity index (χ2n) is 6.17. The first-order valence-electron chi connectivity index (χ1n) is 7.78. The number of hydrogen-bond donors (Lipinski definition) is 1. The van der Waals surface area contributed by atoms with Crippen LogP contribution in [0.3, 0.4) is 0 Å². The van der Waals surface area contributed by atoms with E-state index < -0.39 is 0 Å². The summed E-state index contributed by atoms with van der Waals surface area (Å²) in [5.41, 5.74) is 3.06. The Morgan fingerprint density at radius 1 is 1.26 bits per heavy atom. The largest absolute Gasteiger partial charge is 0.312 e. The molecule has 0 aromatic heterocycles. The molecule has 2 nitrogen and oxygen atoms in total. The third-order valence-corrected chi connectivity index (χ3v) is 5.22. The molecule has 1 aromatic rings. The molecule has 0 saturated carbocycles. The summed E-state index contributed by atoms with van der Waals surface area (Å²) < 4.78 is 0. The minimum Gasteiger partial charge on any atom is -0.312 e. The SMILES string of the molecule is CCC1CCC(C)N1C1Cc2ccccc2C1NC. The van der Waals surface area contributed by atoms with Crippen molar-refractivity contribution >= 4 is 0 Å². The number of fused-ring (bicyclic) bond motifs is 1. The number of likely N-dealkylation sites (tertiary alicyclic amines) is 1. The van der Waals surface area contributed by atoms with Crippen molar-refractivity contribution in [2.75, 3.05) is 7.05 Å². The molecule has 1 fully saturated rings. The molecule has 104 valence electrons. The standard InChI is InChI=1S/C17H26N2/c1-4-14-10-9-12(2)19(14)16-11-13-7-5-6-8-15(13)17(16)18-3/h5-8,12,14,16-18H,4,9-11H2,1-3H3. The molecule has 0 amide bonds. The summed E-state index contributed by atoms with van der Waals surface area (Å²) in [5, 5.41) is 3.57. The van der Waals surface area contributed by atoms with Crippen LogP contribution in [0.15, 0.2) is 24.3 Å². The van der Waals surface area contributed by atoms with Gasteiger partial charge < -0.3 is 5.32 Å². The van der Waals surface area contributed by atoms with Crippen molar-refractivity contribution in [2.45, 2.75) is 63.7 Å². The van der Waals surface area contributed by atoms with Crippen LogP contribution >= 0.6 is 0 Å². The average molecular weight is 258 g/mol. The van der Waals surface area contributed by atoms with Gasteiger partial charge in [0.1, 0.15) is 0 Å². The van der Waals surface area contributed by atoms with Crippen LogP contribution in [0.5, 0.6) is 0 Å². The Balaban J connectivity index is 1.90. The summed E-state index contributed by atoms with van der Waals surface area (Å²) >= 11 is 0. The lowest BCUT2D eigenvalue weighted by Gasteiger charge is -2.37. The molecular formula is C17H26N2. The lowest BCUT2D eigenvalue weighted by Crippen LogP contribution is -2.47. The monoisotopic (exact) mass is 258 g/mol. The first-order chi connectivity index (χ1) is 9.26. The zero-order valence-corrected chi connectivity index (χ0v) is 12.4. The summed E-state index contributed by atoms with van der Waals surface area (Å²) in [6.45, 7) is 4.75. The van der Waals surface area contributed by atoms with Crippen LogP contribution in [0.25, 0.3) is 0 Å². The molecule has 1 N–H and O–H groups in total. The summed E-state index contributed by atoms with van der Waals surface area (Å²) in [5.74, 6) is 0. The Hall–Kier alpha value is -0.860. The molecule has 2 aliphatic rings. The third-order valence-electron chi connectivity index (χ3n) is 5.22. The molecular weight excluding hydrogens is 232 g/mol. The number of likely N-dealkylation sites (N-methyl/N-ethyl adjacent to an activating group) is 1. The van der Waals surface area contributed by atoms with Crippen LogP contribution in [0.4, 0.5) is 0 Å². The van der Waals surface area contributed by atoms with Crippen molar-refractivity contribution in [1.82, 2.24) is 10.2 Å². The van der Waals surface area contributed by atoms with E-state index >= 15 is 0 Å². The van der Waals surface area contributed by atoms with E-state index in [0.29, 0.717) is 12.1 Å². The van der Waals surface area contributed by atoms with E-state index in [-0.39, 0.29) is 0 Å². The molecule has 1 aliphatic heterocycles. The van der Waals surface area contributed by atoms with Gasteiger partial charge in [-0.05, 0) is 50.8 Å². The summed E-state index contributed by atoms with van der Waals surface area (Å²) in [6, 6.07) is 11.6. The molecule has 0 bridgehead atoms. The van der Waals surface area contributed by atoms with Crippen molar-refractivity contribution in [3.8, 4) is 0 Å². The minimum atomic E-state index is 0.505. The second kappa shape index (κ2) is 5.26. The van der Waals surface area contributed by atoms with Gasteiger partial charge in [-0.25, -0.2) is 0 Å². The molecule has 1 heterocycles. The first-order valence-corrected chi connectivity index (χ1v) is 7.78. The summed E-state index contributed by atoms with van der Waals surface area (Å²) in [7, 11) is 2.11. The fourth-order valence-electron chi connectivity index (χ4n) is 4.30. The van der Waals surface area contributed by atoms with E-state index in [9.17, 15) is 0 Å². The van der Waals surface area contributed by atoms with Gasteiger partial charge in [-0.3, -0.25) is 4.90 Å². The number of nitrogens with one attached hydrogen (secondary N) is 1. The van der Waals surface area contributed by atoms with E-state index in [2.05, 4.69) is 55.4 Å². The van der Waals surface area contributed by atoms with Crippen LogP contribution in [0.1, 0.15) is 50.3 Å². The smallest absolute Gasteiger partial charge is 0.0481 e. The number of hydrogen-bond acceptors (Lipinski definition) is 2. The predicted octanol–water partition coefficient (Wildman–Crippen LogP) is 3.13. The van der Waals surface area contributed by atoms with Crippen molar-refractivity contribution in [3.63, 3.8) is 0 Å². The van der Waals surface area contributed by atoms with Gasteiger partial charge >= 0.3 is 0 Å². The van der Waals surface area contributed by atoms with Crippen LogP contribution in [-0.4, -0.2) is 30.1 Å². The molecule has 4 unspecified atom stereocenters. The molecule has 3 rings (SSSR count). The molecule has 1 aliphatic carbocycles. The molecule has 19 heavy (non-hydrogen) atoms. The van der Waals surface area contributed by atoms with Crippen molar-refractivity contribution < 1.29 is 0 Å². The van der Waals surface area contributed by atoms with Crippen LogP contribution < -0.4 is 5.32 Å². The Kier molecular flexibility index (Phi) is 3.64. The van der Waals surface area contributed by atoms with E-state index in [1.807, 2.05) is 0 Å². The molecule has 4 atom stereocenters. The van der Waals surface area contributed by atoms with E-state index in [1.165, 1.54) is 31.2 Å². The molecule has 1 saturated heterocycles. The van der Waals surface area contributed by atoms with Gasteiger partial charge in [-0.15, -0.1) is 0 Å². The maximum Gasteiger partial charge on any atom is 0.0481 e. The highest BCUT2D eigenvalue weighted by Gasteiger charge is 2.42. The van der Waals surface area contributed by atoms with Crippen molar-refractivity contribution in [3.05, 3.63) is 35.4 Å². The average Bonchev–Trinajstić information content (AvgIpc) is 2.97. The van der Waals surface area contributed by atoms with Crippen molar-refractivity contribution in [1.29, 1.82) is 0 Å². The van der Waals surface area contributed by atoms with Gasteiger partial charge in [-0.2, -0.15) is 0 Å². The lowest BCUT2D eigenvalue weighted by atomic mass is 10.0. The second-order valence-corrected chi connectivity index (χ2v) is 6.17. The number of benzene rings is 1. The van der Waals surface area contributed by atoms with E-state index in [4.69, 9.17) is 0 Å². The highest BCUT2D eigenvalue weighted by Crippen LogP contribution is 2.39. The Bertz CT molecular complexity index is 443. The zero-order chi connectivity index (χ0) is 13.4. The summed E-state index contributed by atoms with van der Waals surface area (Å²) in [6.07, 6.45) is 5.23. The van der Waals surface area contributed by atoms with Gasteiger partial charge in [0, 0.05) is 24.2 Å². The molecule has 1 aromatic carbocycles. The van der Waals surface area contributed by atoms with E-state index in [1.54, 1.807) is 5.56 Å². The quantitative estimate of drug-likeness (QED) is 0.896. The van der Waals surface area contributed by atoms with Crippen molar-refractivity contribution in [2.24, 2.45) is 0 Å². The number of nitrogens with zero attached hydrogens (tertiary/aromatic N) is 1. The maximum atomic E-state index is 3.57. The highest BCUT2D eigenvalue weighted by atomic mass is 15.3. The topological polar surface area (TPSA) is 15.3 Å². The van der Waals surface area contributed by atoms with Crippen LogP contribution in [-0.2, 0) is 6.42 Å². The predicted molar refractivity (Wildman–Crippen MR) is 80.3 cm³/mol. The van der Waals surface area contributed by atoms with Crippen LogP contribution in [0.2, 0.25) is 0 Å². The normalized spacial score (nSPS) is 34.7. The minimum absolute atomic E-state index is 0.505. The number of rotatable bonds is 3. The molecule has 0 radical (unpaired) electrons. The van der Waals surface area contributed by atoms with Gasteiger partial charge in [-0.1, -0.05) is 31.2 Å². The Labute approximate surface area is 117 Å². The first kappa shape index (κ1) is 13.1. The Morgan fingerprint density at radius 3 is 2.79 bits per heavy atom. The third kappa shape index (κ3) is 2.11. The maximum absolute atomic E-state index is 3.57.